The second-order valence-electron chi connectivity index (χ2n) is 13.7. The molecule has 6 heterocycles. The number of aryl methyl sites for hydroxylation is 1. The van der Waals surface area contributed by atoms with Crippen LogP contribution in [0.15, 0.2) is 54.7 Å². The van der Waals surface area contributed by atoms with Crippen molar-refractivity contribution < 1.29 is 14.0 Å². The predicted octanol–water partition coefficient (Wildman–Crippen LogP) is 5.56. The Morgan fingerprint density at radius 3 is 2.59 bits per heavy atom. The lowest BCUT2D eigenvalue weighted by Crippen LogP contribution is -2.41. The molecule has 2 saturated carbocycles. The van der Waals surface area contributed by atoms with Gasteiger partial charge in [0, 0.05) is 66.5 Å². The van der Waals surface area contributed by atoms with Crippen molar-refractivity contribution in [3.05, 3.63) is 71.7 Å². The summed E-state index contributed by atoms with van der Waals surface area (Å²) in [6.45, 7) is 4.10. The van der Waals surface area contributed by atoms with Crippen molar-refractivity contribution in [1.82, 2.24) is 24.1 Å². The minimum Gasteiger partial charge on any atom is -0.334 e. The summed E-state index contributed by atoms with van der Waals surface area (Å²) in [5.74, 6) is 0.421. The van der Waals surface area contributed by atoms with E-state index in [9.17, 15) is 9.59 Å². The van der Waals surface area contributed by atoms with Crippen molar-refractivity contribution in [2.75, 3.05) is 18.0 Å². The summed E-state index contributed by atoms with van der Waals surface area (Å²) in [4.78, 5) is 34.6. The van der Waals surface area contributed by atoms with E-state index in [4.69, 9.17) is 15.8 Å². The van der Waals surface area contributed by atoms with Crippen LogP contribution in [0.2, 0.25) is 0 Å². The fourth-order valence-electron chi connectivity index (χ4n) is 8.04. The zero-order valence-corrected chi connectivity index (χ0v) is 25.8. The average Bonchev–Trinajstić information content (AvgIpc) is 3.30. The fraction of sp³-hybridized carbons (Fsp3) is 0.389. The molecule has 46 heavy (non-hydrogen) atoms. The monoisotopic (exact) mass is 617 g/mol. The number of hydrogen-bond donors (Lipinski definition) is 1. The van der Waals surface area contributed by atoms with Crippen molar-refractivity contribution in [2.24, 2.45) is 17.6 Å². The molecule has 4 fully saturated rings. The highest BCUT2D eigenvalue weighted by molar-refractivity contribution is 5.96. The van der Waals surface area contributed by atoms with E-state index in [1.165, 1.54) is 23.4 Å². The van der Waals surface area contributed by atoms with Gasteiger partial charge in [-0.15, -0.1) is 0 Å². The van der Waals surface area contributed by atoms with Gasteiger partial charge in [0.25, 0.3) is 5.91 Å². The van der Waals surface area contributed by atoms with Gasteiger partial charge in [-0.25, -0.2) is 13.9 Å². The average molecular weight is 618 g/mol. The molecule has 2 amide bonds. The normalized spacial score (nSPS) is 22.7. The van der Waals surface area contributed by atoms with Gasteiger partial charge in [-0.3, -0.25) is 9.59 Å². The van der Waals surface area contributed by atoms with Gasteiger partial charge in [-0.1, -0.05) is 12.1 Å². The van der Waals surface area contributed by atoms with Crippen molar-refractivity contribution in [3.8, 4) is 22.6 Å². The molecule has 2 aliphatic heterocycles. The molecule has 4 aliphatic rings. The van der Waals surface area contributed by atoms with E-state index in [0.29, 0.717) is 41.6 Å². The van der Waals surface area contributed by atoms with Gasteiger partial charge in [0.1, 0.15) is 22.7 Å². The second kappa shape index (κ2) is 10.2. The number of halogens is 1. The SMILES string of the molecule is Cc1c(-c2cc3ccc(-c4ccc(N5CCCC5=O)cc4)nc3n2CC2CC2)nn2cc(C(=O)N3CC4CCC3[C@@H]4N)cc(F)c12. The van der Waals surface area contributed by atoms with Crippen LogP contribution in [0.1, 0.15) is 54.4 Å². The topological polar surface area (TPSA) is 102 Å². The van der Waals surface area contributed by atoms with Crippen LogP contribution < -0.4 is 10.6 Å². The second-order valence-corrected chi connectivity index (χ2v) is 13.7. The van der Waals surface area contributed by atoms with Crippen LogP contribution in [0.3, 0.4) is 0 Å². The maximum atomic E-state index is 15.8. The maximum absolute atomic E-state index is 15.8. The lowest BCUT2D eigenvalue weighted by atomic mass is 10.1. The van der Waals surface area contributed by atoms with E-state index >= 15 is 4.39 Å². The highest BCUT2D eigenvalue weighted by atomic mass is 19.1. The van der Waals surface area contributed by atoms with Gasteiger partial charge < -0.3 is 20.1 Å². The number of aromatic nitrogens is 4. The molecule has 2 saturated heterocycles. The van der Waals surface area contributed by atoms with Crippen LogP contribution in [0, 0.1) is 24.6 Å². The Morgan fingerprint density at radius 2 is 1.89 bits per heavy atom. The summed E-state index contributed by atoms with van der Waals surface area (Å²) in [6.07, 6.45) is 7.45. The molecule has 10 heteroatoms. The number of anilines is 1. The molecule has 0 radical (unpaired) electrons. The maximum Gasteiger partial charge on any atom is 0.255 e. The molecule has 0 spiro atoms. The lowest BCUT2D eigenvalue weighted by molar-refractivity contribution is -0.117. The molecule has 9 nitrogen and oxygen atoms in total. The smallest absolute Gasteiger partial charge is 0.255 e. The number of carbonyl (C=O) groups excluding carboxylic acids is 2. The Bertz CT molecular complexity index is 2060. The van der Waals surface area contributed by atoms with E-state index < -0.39 is 5.82 Å². The number of nitrogens with zero attached hydrogens (tertiary/aromatic N) is 6. The number of benzene rings is 1. The summed E-state index contributed by atoms with van der Waals surface area (Å²) < 4.78 is 19.5. The number of hydrogen-bond acceptors (Lipinski definition) is 5. The van der Waals surface area contributed by atoms with E-state index in [2.05, 4.69) is 16.7 Å². The first-order valence-electron chi connectivity index (χ1n) is 16.5. The molecule has 3 atom stereocenters. The third kappa shape index (κ3) is 4.30. The Balaban J connectivity index is 1.09. The van der Waals surface area contributed by atoms with E-state index in [-0.39, 0.29) is 23.9 Å². The van der Waals surface area contributed by atoms with Crippen molar-refractivity contribution in [2.45, 2.75) is 64.1 Å². The minimum atomic E-state index is -0.458. The highest BCUT2D eigenvalue weighted by Gasteiger charge is 2.47. The van der Waals surface area contributed by atoms with E-state index in [1.54, 1.807) is 6.20 Å². The molecule has 2 N–H and O–H groups in total. The first-order valence-corrected chi connectivity index (χ1v) is 16.5. The number of nitrogens with two attached hydrogens (primary N) is 1. The molecule has 4 aromatic heterocycles. The fourth-order valence-corrected chi connectivity index (χ4v) is 8.04. The van der Waals surface area contributed by atoms with Crippen LogP contribution in [0.25, 0.3) is 39.2 Å². The molecule has 2 bridgehead atoms. The standard InChI is InChI=1S/C36H36FN7O2/c1-20-33(40-44-19-25(15-27(37)34(20)44)36(46)43-18-24-9-13-29(43)32(24)38)30-16-23-8-12-28(39-35(23)42(30)17-21-4-5-21)22-6-10-26(11-7-22)41-14-2-3-31(41)45/h6-8,10-12,15-16,19,21,24,29,32H,2-5,9,13-14,17-18,38H2,1H3/t24?,29?,32-/m1/s1. The molecule has 9 rings (SSSR count). The molecule has 5 aromatic rings. The minimum absolute atomic E-state index is 0.00134. The zero-order chi connectivity index (χ0) is 31.3. The summed E-state index contributed by atoms with van der Waals surface area (Å²) in [6, 6.07) is 15.6. The Morgan fingerprint density at radius 1 is 1.07 bits per heavy atom. The summed E-state index contributed by atoms with van der Waals surface area (Å²) in [7, 11) is 0. The Labute approximate surface area is 265 Å². The number of rotatable bonds is 6. The first kappa shape index (κ1) is 27.7. The zero-order valence-electron chi connectivity index (χ0n) is 25.8. The quantitative estimate of drug-likeness (QED) is 0.269. The van der Waals surface area contributed by atoms with Crippen LogP contribution >= 0.6 is 0 Å². The number of likely N-dealkylation sites (tertiary alicyclic amines) is 1. The molecular formula is C36H36FN7O2. The highest BCUT2D eigenvalue weighted by Crippen LogP contribution is 2.39. The number of carbonyl (C=O) groups is 2. The summed E-state index contributed by atoms with van der Waals surface area (Å²) >= 11 is 0. The number of pyridine rings is 2. The molecule has 2 unspecified atom stereocenters. The summed E-state index contributed by atoms with van der Waals surface area (Å²) in [5.41, 5.74) is 12.9. The van der Waals surface area contributed by atoms with Gasteiger partial charge in [0.15, 0.2) is 0 Å². The van der Waals surface area contributed by atoms with Gasteiger partial charge in [0.05, 0.1) is 17.0 Å². The van der Waals surface area contributed by atoms with E-state index in [1.807, 2.05) is 47.1 Å². The number of fused-ring (bicyclic) bond motifs is 4. The molecule has 1 aromatic carbocycles. The molecular weight excluding hydrogens is 581 g/mol. The lowest BCUT2D eigenvalue weighted by Gasteiger charge is -2.27. The van der Waals surface area contributed by atoms with Crippen LogP contribution in [-0.4, -0.2) is 61.1 Å². The third-order valence-electron chi connectivity index (χ3n) is 10.8. The summed E-state index contributed by atoms with van der Waals surface area (Å²) in [5, 5.41) is 5.89. The number of amides is 2. The predicted molar refractivity (Wildman–Crippen MR) is 174 cm³/mol. The van der Waals surface area contributed by atoms with Crippen molar-refractivity contribution in [3.63, 3.8) is 0 Å². The van der Waals surface area contributed by atoms with Gasteiger partial charge in [-0.2, -0.15) is 5.10 Å². The van der Waals surface area contributed by atoms with Crippen LogP contribution in [0.5, 0.6) is 0 Å². The largest absolute Gasteiger partial charge is 0.334 e. The van der Waals surface area contributed by atoms with Crippen LogP contribution in [0.4, 0.5) is 10.1 Å². The van der Waals surface area contributed by atoms with Gasteiger partial charge in [0.2, 0.25) is 5.91 Å². The van der Waals surface area contributed by atoms with Crippen LogP contribution in [-0.2, 0) is 11.3 Å². The Hall–Kier alpha value is -4.57. The number of piperidine rings is 1. The Kier molecular flexibility index (Phi) is 6.16. The first-order chi connectivity index (χ1) is 22.3. The van der Waals surface area contributed by atoms with Crippen molar-refractivity contribution in [1.29, 1.82) is 0 Å². The van der Waals surface area contributed by atoms with Gasteiger partial charge >= 0.3 is 0 Å². The van der Waals surface area contributed by atoms with E-state index in [0.717, 1.165) is 71.6 Å². The molecule has 234 valence electrons. The van der Waals surface area contributed by atoms with Crippen molar-refractivity contribution >= 4 is 34.1 Å². The molecule has 2 aliphatic carbocycles. The van der Waals surface area contributed by atoms with Gasteiger partial charge in [-0.05, 0) is 87.3 Å². The third-order valence-corrected chi connectivity index (χ3v) is 10.8.